The third kappa shape index (κ3) is 3.10. The first-order chi connectivity index (χ1) is 7.97. The van der Waals surface area contributed by atoms with Crippen LogP contribution in [0, 0.1) is 5.92 Å². The predicted molar refractivity (Wildman–Crippen MR) is 74.2 cm³/mol. The Morgan fingerprint density at radius 3 is 2.24 bits per heavy atom. The third-order valence-corrected chi connectivity index (χ3v) is 4.04. The van der Waals surface area contributed by atoms with E-state index < -0.39 is 0 Å². The van der Waals surface area contributed by atoms with Crippen molar-refractivity contribution in [3.05, 3.63) is 35.4 Å². The Labute approximate surface area is 105 Å². The molecular weight excluding hydrogens is 206 g/mol. The number of hydrogen-bond donors (Lipinski definition) is 1. The van der Waals surface area contributed by atoms with E-state index in [4.69, 9.17) is 5.73 Å². The Balaban J connectivity index is 2.03. The van der Waals surface area contributed by atoms with Crippen molar-refractivity contribution in [1.82, 2.24) is 0 Å². The predicted octanol–water partition coefficient (Wildman–Crippen LogP) is 3.65. The molecule has 2 unspecified atom stereocenters. The Morgan fingerprint density at radius 2 is 1.76 bits per heavy atom. The van der Waals surface area contributed by atoms with Crippen LogP contribution in [0.25, 0.3) is 0 Å². The summed E-state index contributed by atoms with van der Waals surface area (Å²) in [6.07, 6.45) is 4.99. The number of nitrogens with two attached hydrogens (primary N) is 1. The summed E-state index contributed by atoms with van der Waals surface area (Å²) >= 11 is 0. The van der Waals surface area contributed by atoms with E-state index in [0.29, 0.717) is 12.0 Å². The number of hydrogen-bond acceptors (Lipinski definition) is 1. The van der Waals surface area contributed by atoms with E-state index in [1.165, 1.54) is 30.4 Å². The molecule has 0 aliphatic heterocycles. The van der Waals surface area contributed by atoms with Crippen molar-refractivity contribution in [2.45, 2.75) is 57.9 Å². The zero-order valence-electron chi connectivity index (χ0n) is 11.4. The Bertz CT molecular complexity index is 358. The van der Waals surface area contributed by atoms with Gasteiger partial charge < -0.3 is 5.73 Å². The molecule has 0 heterocycles. The van der Waals surface area contributed by atoms with Gasteiger partial charge in [0.2, 0.25) is 0 Å². The van der Waals surface area contributed by atoms with Crippen LogP contribution in [-0.2, 0) is 11.8 Å². The summed E-state index contributed by atoms with van der Waals surface area (Å²) in [5.74, 6) is 0.704. The second-order valence-electron chi connectivity index (χ2n) is 6.51. The molecule has 1 aliphatic rings. The first-order valence-electron chi connectivity index (χ1n) is 6.82. The van der Waals surface area contributed by atoms with Crippen LogP contribution >= 0.6 is 0 Å². The minimum absolute atomic E-state index is 0.252. The second-order valence-corrected chi connectivity index (χ2v) is 6.51. The van der Waals surface area contributed by atoms with E-state index in [1.807, 2.05) is 0 Å². The van der Waals surface area contributed by atoms with Crippen molar-refractivity contribution >= 4 is 0 Å². The largest absolute Gasteiger partial charge is 0.327 e. The van der Waals surface area contributed by atoms with Gasteiger partial charge in [-0.15, -0.1) is 0 Å². The zero-order valence-corrected chi connectivity index (χ0v) is 11.4. The van der Waals surface area contributed by atoms with Gasteiger partial charge in [-0.2, -0.15) is 0 Å². The quantitative estimate of drug-likeness (QED) is 0.826. The molecule has 2 N–H and O–H groups in total. The molecule has 94 valence electrons. The van der Waals surface area contributed by atoms with Crippen LogP contribution in [0.15, 0.2) is 24.3 Å². The molecule has 1 heteroatoms. The Kier molecular flexibility index (Phi) is 3.58. The molecular formula is C16H25N. The molecule has 1 saturated carbocycles. The van der Waals surface area contributed by atoms with Crippen molar-refractivity contribution in [3.63, 3.8) is 0 Å². The highest BCUT2D eigenvalue weighted by Crippen LogP contribution is 2.28. The molecule has 0 saturated heterocycles. The lowest BCUT2D eigenvalue weighted by atomic mass is 9.85. The van der Waals surface area contributed by atoms with Gasteiger partial charge in [0, 0.05) is 6.04 Å². The smallest absolute Gasteiger partial charge is 0.00703 e. The van der Waals surface area contributed by atoms with Crippen molar-refractivity contribution in [2.75, 3.05) is 0 Å². The van der Waals surface area contributed by atoms with Crippen LogP contribution in [0.1, 0.15) is 51.2 Å². The van der Waals surface area contributed by atoms with Gasteiger partial charge in [-0.25, -0.2) is 0 Å². The molecule has 0 amide bonds. The van der Waals surface area contributed by atoms with E-state index in [2.05, 4.69) is 45.0 Å². The lowest BCUT2D eigenvalue weighted by Crippen LogP contribution is -2.25. The molecule has 1 nitrogen and oxygen atoms in total. The topological polar surface area (TPSA) is 26.0 Å². The normalized spacial score (nSPS) is 25.2. The fourth-order valence-electron chi connectivity index (χ4n) is 2.76. The van der Waals surface area contributed by atoms with Crippen LogP contribution in [-0.4, -0.2) is 6.04 Å². The summed E-state index contributed by atoms with van der Waals surface area (Å²) in [6.45, 7) is 6.78. The minimum atomic E-state index is 0.252. The third-order valence-electron chi connectivity index (χ3n) is 4.04. The summed E-state index contributed by atoms with van der Waals surface area (Å²) < 4.78 is 0. The second kappa shape index (κ2) is 4.81. The van der Waals surface area contributed by atoms with E-state index >= 15 is 0 Å². The highest BCUT2D eigenvalue weighted by Gasteiger charge is 2.24. The van der Waals surface area contributed by atoms with Crippen molar-refractivity contribution in [3.8, 4) is 0 Å². The van der Waals surface area contributed by atoms with Gasteiger partial charge in [-0.05, 0) is 41.7 Å². The maximum atomic E-state index is 6.13. The van der Waals surface area contributed by atoms with Gasteiger partial charge >= 0.3 is 0 Å². The molecule has 0 radical (unpaired) electrons. The molecule has 0 aromatic heterocycles. The average molecular weight is 231 g/mol. The van der Waals surface area contributed by atoms with Gasteiger partial charge in [0.1, 0.15) is 0 Å². The van der Waals surface area contributed by atoms with E-state index in [1.54, 1.807) is 0 Å². The standard InChI is InChI=1S/C16H25N/c1-16(2,3)14-9-7-12(8-10-14)11-13-5-4-6-15(13)17/h7-10,13,15H,4-6,11,17H2,1-3H3. The molecule has 1 fully saturated rings. The van der Waals surface area contributed by atoms with Gasteiger partial charge in [0.15, 0.2) is 0 Å². The van der Waals surface area contributed by atoms with E-state index in [0.717, 1.165) is 6.42 Å². The Hall–Kier alpha value is -0.820. The van der Waals surface area contributed by atoms with Crippen LogP contribution in [0.4, 0.5) is 0 Å². The Morgan fingerprint density at radius 1 is 1.12 bits per heavy atom. The minimum Gasteiger partial charge on any atom is -0.327 e. The molecule has 2 rings (SSSR count). The highest BCUT2D eigenvalue weighted by molar-refractivity contribution is 5.27. The lowest BCUT2D eigenvalue weighted by molar-refractivity contribution is 0.478. The van der Waals surface area contributed by atoms with E-state index in [-0.39, 0.29) is 5.41 Å². The maximum absolute atomic E-state index is 6.13. The molecule has 1 aromatic rings. The van der Waals surface area contributed by atoms with Gasteiger partial charge in [-0.3, -0.25) is 0 Å². The summed E-state index contributed by atoms with van der Waals surface area (Å²) in [6, 6.07) is 9.54. The first kappa shape index (κ1) is 12.6. The summed E-state index contributed by atoms with van der Waals surface area (Å²) in [7, 11) is 0. The van der Waals surface area contributed by atoms with Crippen molar-refractivity contribution in [2.24, 2.45) is 11.7 Å². The average Bonchev–Trinajstić information content (AvgIpc) is 2.64. The number of rotatable bonds is 2. The zero-order chi connectivity index (χ0) is 12.5. The fourth-order valence-corrected chi connectivity index (χ4v) is 2.76. The summed E-state index contributed by atoms with van der Waals surface area (Å²) in [4.78, 5) is 0. The number of benzene rings is 1. The van der Waals surface area contributed by atoms with Gasteiger partial charge in [0.05, 0.1) is 0 Å². The van der Waals surface area contributed by atoms with Crippen LogP contribution in [0.5, 0.6) is 0 Å². The molecule has 0 spiro atoms. The highest BCUT2D eigenvalue weighted by atomic mass is 14.7. The SMILES string of the molecule is CC(C)(C)c1ccc(CC2CCCC2N)cc1. The lowest BCUT2D eigenvalue weighted by Gasteiger charge is -2.20. The maximum Gasteiger partial charge on any atom is 0.00703 e. The van der Waals surface area contributed by atoms with Crippen LogP contribution < -0.4 is 5.73 Å². The van der Waals surface area contributed by atoms with Crippen LogP contribution in [0.2, 0.25) is 0 Å². The van der Waals surface area contributed by atoms with Gasteiger partial charge in [-0.1, -0.05) is 51.5 Å². The summed E-state index contributed by atoms with van der Waals surface area (Å²) in [5.41, 5.74) is 9.24. The molecule has 1 aromatic carbocycles. The van der Waals surface area contributed by atoms with Crippen molar-refractivity contribution < 1.29 is 0 Å². The van der Waals surface area contributed by atoms with Crippen molar-refractivity contribution in [1.29, 1.82) is 0 Å². The van der Waals surface area contributed by atoms with Gasteiger partial charge in [0.25, 0.3) is 0 Å². The molecule has 2 atom stereocenters. The molecule has 17 heavy (non-hydrogen) atoms. The first-order valence-corrected chi connectivity index (χ1v) is 6.82. The van der Waals surface area contributed by atoms with E-state index in [9.17, 15) is 0 Å². The fraction of sp³-hybridized carbons (Fsp3) is 0.625. The monoisotopic (exact) mass is 231 g/mol. The molecule has 0 bridgehead atoms. The summed E-state index contributed by atoms with van der Waals surface area (Å²) in [5, 5.41) is 0. The van der Waals surface area contributed by atoms with Crippen LogP contribution in [0.3, 0.4) is 0 Å². The molecule has 1 aliphatic carbocycles.